The smallest absolute Gasteiger partial charge is 0.230 e. The average molecular weight is 218 g/mol. The lowest BCUT2D eigenvalue weighted by molar-refractivity contribution is -0.115. The Morgan fingerprint density at radius 1 is 1.25 bits per heavy atom. The van der Waals surface area contributed by atoms with E-state index in [2.05, 4.69) is 15.3 Å². The van der Waals surface area contributed by atoms with E-state index in [1.807, 2.05) is 0 Å². The summed E-state index contributed by atoms with van der Waals surface area (Å²) in [5.74, 6) is 2.27. The number of carbonyl (C=O) groups excluding carboxylic acids is 1. The third-order valence-electron chi connectivity index (χ3n) is 3.37. The summed E-state index contributed by atoms with van der Waals surface area (Å²) < 4.78 is 0. The lowest BCUT2D eigenvalue weighted by Crippen LogP contribution is -2.07. The number of hydrogen-bond donors (Lipinski definition) is 2. The summed E-state index contributed by atoms with van der Waals surface area (Å²) in [7, 11) is 0. The molecule has 0 unspecified atom stereocenters. The molecule has 2 heterocycles. The monoisotopic (exact) mass is 218 g/mol. The molecule has 0 radical (unpaired) electrons. The second-order valence-electron chi connectivity index (χ2n) is 4.50. The Hall–Kier alpha value is -1.65. The van der Waals surface area contributed by atoms with Gasteiger partial charge in [0.1, 0.15) is 17.5 Å². The summed E-state index contributed by atoms with van der Waals surface area (Å²) in [6.45, 7) is 0. The Labute approximate surface area is 93.5 Å². The number of fused-ring (bicyclic) bond motifs is 1. The Morgan fingerprint density at radius 2 is 2.00 bits per heavy atom. The van der Waals surface area contributed by atoms with E-state index < -0.39 is 0 Å². The lowest BCUT2D eigenvalue weighted by Gasteiger charge is -2.10. The fraction of sp³-hybridized carbons (Fsp3) is 0.545. The predicted octanol–water partition coefficient (Wildman–Crippen LogP) is 1.21. The van der Waals surface area contributed by atoms with Gasteiger partial charge in [-0.15, -0.1) is 0 Å². The minimum absolute atomic E-state index is 0.0421. The van der Waals surface area contributed by atoms with Crippen LogP contribution < -0.4 is 11.1 Å². The van der Waals surface area contributed by atoms with Gasteiger partial charge >= 0.3 is 0 Å². The molecule has 0 aromatic carbocycles. The molecule has 1 aliphatic heterocycles. The van der Waals surface area contributed by atoms with Crippen molar-refractivity contribution in [1.29, 1.82) is 0 Å². The van der Waals surface area contributed by atoms with E-state index in [9.17, 15) is 4.79 Å². The number of amides is 1. The molecule has 84 valence electrons. The van der Waals surface area contributed by atoms with Crippen LogP contribution in [0.2, 0.25) is 0 Å². The van der Waals surface area contributed by atoms with Gasteiger partial charge in [-0.05, 0) is 12.8 Å². The largest absolute Gasteiger partial charge is 0.383 e. The average Bonchev–Trinajstić information content (AvgIpc) is 2.84. The summed E-state index contributed by atoms with van der Waals surface area (Å²) >= 11 is 0. The molecule has 1 amide bonds. The molecule has 2 aliphatic rings. The van der Waals surface area contributed by atoms with E-state index in [0.29, 0.717) is 24.0 Å². The zero-order chi connectivity index (χ0) is 11.1. The Bertz CT molecular complexity index is 452. The van der Waals surface area contributed by atoms with Gasteiger partial charge in [0, 0.05) is 11.5 Å². The highest BCUT2D eigenvalue weighted by atomic mass is 16.1. The summed E-state index contributed by atoms with van der Waals surface area (Å²) in [6, 6.07) is 0. The molecule has 0 spiro atoms. The first-order valence-electron chi connectivity index (χ1n) is 5.70. The minimum Gasteiger partial charge on any atom is -0.383 e. The molecule has 1 aliphatic carbocycles. The van der Waals surface area contributed by atoms with Crippen LogP contribution in [0.4, 0.5) is 11.6 Å². The van der Waals surface area contributed by atoms with E-state index >= 15 is 0 Å². The quantitative estimate of drug-likeness (QED) is 0.742. The molecule has 0 atom stereocenters. The molecule has 1 fully saturated rings. The number of rotatable bonds is 1. The summed E-state index contributed by atoms with van der Waals surface area (Å²) in [6.07, 6.45) is 5.04. The van der Waals surface area contributed by atoms with Crippen LogP contribution in [-0.4, -0.2) is 15.9 Å². The Kier molecular flexibility index (Phi) is 2.05. The molecular formula is C11H14N4O. The number of hydrogen-bond acceptors (Lipinski definition) is 4. The molecule has 0 saturated heterocycles. The molecule has 5 nitrogen and oxygen atoms in total. The van der Waals surface area contributed by atoms with Crippen molar-refractivity contribution < 1.29 is 4.79 Å². The third-order valence-corrected chi connectivity index (χ3v) is 3.37. The Morgan fingerprint density at radius 3 is 2.75 bits per heavy atom. The maximum Gasteiger partial charge on any atom is 0.230 e. The minimum atomic E-state index is -0.0421. The van der Waals surface area contributed by atoms with E-state index in [1.54, 1.807) is 0 Å². The van der Waals surface area contributed by atoms with Gasteiger partial charge in [-0.25, -0.2) is 9.97 Å². The van der Waals surface area contributed by atoms with Crippen LogP contribution in [0.1, 0.15) is 43.0 Å². The van der Waals surface area contributed by atoms with Gasteiger partial charge in [-0.1, -0.05) is 12.8 Å². The molecular weight excluding hydrogens is 204 g/mol. The highest BCUT2D eigenvalue weighted by molar-refractivity contribution is 5.99. The van der Waals surface area contributed by atoms with Crippen molar-refractivity contribution in [3.63, 3.8) is 0 Å². The van der Waals surface area contributed by atoms with Gasteiger partial charge in [0.25, 0.3) is 0 Å². The molecule has 1 saturated carbocycles. The maximum absolute atomic E-state index is 11.3. The molecule has 5 heteroatoms. The molecule has 0 bridgehead atoms. The zero-order valence-corrected chi connectivity index (χ0v) is 8.99. The topological polar surface area (TPSA) is 80.9 Å². The van der Waals surface area contributed by atoms with Crippen LogP contribution in [0.15, 0.2) is 0 Å². The van der Waals surface area contributed by atoms with Crippen molar-refractivity contribution in [3.05, 3.63) is 11.4 Å². The van der Waals surface area contributed by atoms with Crippen LogP contribution in [0, 0.1) is 0 Å². The fourth-order valence-electron chi connectivity index (χ4n) is 2.50. The van der Waals surface area contributed by atoms with Gasteiger partial charge in [0.15, 0.2) is 0 Å². The molecule has 3 N–H and O–H groups in total. The van der Waals surface area contributed by atoms with E-state index in [0.717, 1.165) is 24.2 Å². The Balaban J connectivity index is 2.00. The van der Waals surface area contributed by atoms with Gasteiger partial charge in [0.05, 0.1) is 6.42 Å². The standard InChI is InChI=1S/C11H14N4O/c12-9-7-5-8(16)13-11(7)15-10(14-9)6-3-1-2-4-6/h6H,1-5H2,(H3,12,13,14,15,16). The van der Waals surface area contributed by atoms with Crippen molar-refractivity contribution in [2.24, 2.45) is 0 Å². The number of nitrogens with two attached hydrogens (primary N) is 1. The van der Waals surface area contributed by atoms with Crippen molar-refractivity contribution in [2.75, 3.05) is 11.1 Å². The summed E-state index contributed by atoms with van der Waals surface area (Å²) in [5, 5.41) is 2.73. The molecule has 16 heavy (non-hydrogen) atoms. The molecule has 1 aromatic rings. The number of carbonyl (C=O) groups is 1. The first kappa shape index (κ1) is 9.57. The lowest BCUT2D eigenvalue weighted by atomic mass is 10.1. The summed E-state index contributed by atoms with van der Waals surface area (Å²) in [5.41, 5.74) is 6.62. The molecule has 1 aromatic heterocycles. The second-order valence-corrected chi connectivity index (χ2v) is 4.50. The van der Waals surface area contributed by atoms with Crippen molar-refractivity contribution >= 4 is 17.5 Å². The number of aromatic nitrogens is 2. The van der Waals surface area contributed by atoms with Gasteiger partial charge in [0.2, 0.25) is 5.91 Å². The van der Waals surface area contributed by atoms with E-state index in [-0.39, 0.29) is 5.91 Å². The van der Waals surface area contributed by atoms with Crippen molar-refractivity contribution in [1.82, 2.24) is 9.97 Å². The SMILES string of the molecule is Nc1nc(C2CCCC2)nc2c1CC(=O)N2. The molecule has 3 rings (SSSR count). The van der Waals surface area contributed by atoms with Gasteiger partial charge in [-0.2, -0.15) is 0 Å². The highest BCUT2D eigenvalue weighted by Gasteiger charge is 2.27. The van der Waals surface area contributed by atoms with Crippen molar-refractivity contribution in [2.45, 2.75) is 38.0 Å². The highest BCUT2D eigenvalue weighted by Crippen LogP contribution is 2.35. The van der Waals surface area contributed by atoms with E-state index in [4.69, 9.17) is 5.73 Å². The van der Waals surface area contributed by atoms with Crippen LogP contribution in [0.3, 0.4) is 0 Å². The first-order chi connectivity index (χ1) is 7.74. The zero-order valence-electron chi connectivity index (χ0n) is 8.99. The van der Waals surface area contributed by atoms with Gasteiger partial charge in [-0.3, -0.25) is 4.79 Å². The first-order valence-corrected chi connectivity index (χ1v) is 5.70. The predicted molar refractivity (Wildman–Crippen MR) is 60.0 cm³/mol. The summed E-state index contributed by atoms with van der Waals surface area (Å²) in [4.78, 5) is 20.0. The number of anilines is 2. The van der Waals surface area contributed by atoms with Crippen LogP contribution in [0.25, 0.3) is 0 Å². The number of nitrogens with zero attached hydrogens (tertiary/aromatic N) is 2. The van der Waals surface area contributed by atoms with Crippen LogP contribution in [-0.2, 0) is 11.2 Å². The number of nitrogens with one attached hydrogen (secondary N) is 1. The van der Waals surface area contributed by atoms with Crippen molar-refractivity contribution in [3.8, 4) is 0 Å². The van der Waals surface area contributed by atoms with Gasteiger partial charge < -0.3 is 11.1 Å². The number of nitrogen functional groups attached to an aromatic ring is 1. The van der Waals surface area contributed by atoms with E-state index in [1.165, 1.54) is 12.8 Å². The van der Waals surface area contributed by atoms with Crippen LogP contribution in [0.5, 0.6) is 0 Å². The second kappa shape index (κ2) is 3.43. The third kappa shape index (κ3) is 1.43. The fourth-order valence-corrected chi connectivity index (χ4v) is 2.50. The normalized spacial score (nSPS) is 19.9. The van der Waals surface area contributed by atoms with Crippen LogP contribution >= 0.6 is 0 Å². The maximum atomic E-state index is 11.3.